The van der Waals surface area contributed by atoms with E-state index in [4.69, 9.17) is 23.2 Å². The fourth-order valence-electron chi connectivity index (χ4n) is 3.11. The smallest absolute Gasteiger partial charge is 0.228 e. The van der Waals surface area contributed by atoms with Gasteiger partial charge in [-0.3, -0.25) is 9.69 Å². The van der Waals surface area contributed by atoms with Gasteiger partial charge in [-0.1, -0.05) is 41.4 Å². The molecule has 3 rings (SSSR count). The third kappa shape index (κ3) is 4.72. The van der Waals surface area contributed by atoms with Gasteiger partial charge in [0.15, 0.2) is 0 Å². The number of nitrogens with zero attached hydrogens (tertiary/aromatic N) is 1. The van der Waals surface area contributed by atoms with Crippen molar-refractivity contribution in [2.75, 3.05) is 18.4 Å². The number of anilines is 1. The number of hydrogen-bond acceptors (Lipinski definition) is 2. The maximum atomic E-state index is 13.8. The lowest BCUT2D eigenvalue weighted by Gasteiger charge is -2.32. The van der Waals surface area contributed by atoms with Gasteiger partial charge in [-0.25, -0.2) is 4.39 Å². The second kappa shape index (κ2) is 8.17. The fourth-order valence-corrected chi connectivity index (χ4v) is 3.45. The Morgan fingerprint density at radius 1 is 1.24 bits per heavy atom. The molecule has 132 valence electrons. The Morgan fingerprint density at radius 2 is 2.04 bits per heavy atom. The highest BCUT2D eigenvalue weighted by Gasteiger charge is 2.26. The maximum absolute atomic E-state index is 13.8. The summed E-state index contributed by atoms with van der Waals surface area (Å²) < 4.78 is 13.8. The van der Waals surface area contributed by atoms with Gasteiger partial charge in [0, 0.05) is 23.7 Å². The van der Waals surface area contributed by atoms with Crippen molar-refractivity contribution in [1.82, 2.24) is 4.90 Å². The van der Waals surface area contributed by atoms with E-state index in [-0.39, 0.29) is 17.6 Å². The number of likely N-dealkylation sites (tertiary alicyclic amines) is 1. The average molecular weight is 381 g/mol. The Balaban J connectivity index is 1.63. The summed E-state index contributed by atoms with van der Waals surface area (Å²) in [6.07, 6.45) is 1.70. The summed E-state index contributed by atoms with van der Waals surface area (Å²) in [7, 11) is 0. The number of carbonyl (C=O) groups excluding carboxylic acids is 1. The normalized spacial score (nSPS) is 18.1. The van der Waals surface area contributed by atoms with E-state index in [0.29, 0.717) is 34.4 Å². The van der Waals surface area contributed by atoms with Crippen molar-refractivity contribution in [1.29, 1.82) is 0 Å². The first-order valence-electron chi connectivity index (χ1n) is 8.24. The highest BCUT2D eigenvalue weighted by molar-refractivity contribution is 6.35. The highest BCUT2D eigenvalue weighted by atomic mass is 35.5. The molecule has 1 heterocycles. The lowest BCUT2D eigenvalue weighted by atomic mass is 9.96. The molecule has 1 unspecified atom stereocenters. The number of amides is 1. The molecule has 6 heteroatoms. The third-order valence-electron chi connectivity index (χ3n) is 4.41. The minimum absolute atomic E-state index is 0.0811. The van der Waals surface area contributed by atoms with Crippen LogP contribution in [0.15, 0.2) is 42.5 Å². The van der Waals surface area contributed by atoms with E-state index in [2.05, 4.69) is 10.2 Å². The first-order chi connectivity index (χ1) is 12.0. The Bertz CT molecular complexity index is 769. The van der Waals surface area contributed by atoms with Crippen molar-refractivity contribution in [2.24, 2.45) is 5.92 Å². The summed E-state index contributed by atoms with van der Waals surface area (Å²) in [5, 5.41) is 3.83. The summed E-state index contributed by atoms with van der Waals surface area (Å²) in [4.78, 5) is 14.7. The van der Waals surface area contributed by atoms with Crippen molar-refractivity contribution < 1.29 is 9.18 Å². The van der Waals surface area contributed by atoms with E-state index in [1.54, 1.807) is 30.3 Å². The molecule has 3 nitrogen and oxygen atoms in total. The number of piperidine rings is 1. The van der Waals surface area contributed by atoms with Crippen LogP contribution in [0.5, 0.6) is 0 Å². The fraction of sp³-hybridized carbons (Fsp3) is 0.316. The number of hydrogen-bond donors (Lipinski definition) is 1. The molecular formula is C19H19Cl2FN2O. The van der Waals surface area contributed by atoms with Gasteiger partial charge >= 0.3 is 0 Å². The van der Waals surface area contributed by atoms with Gasteiger partial charge in [0.2, 0.25) is 5.91 Å². The largest absolute Gasteiger partial charge is 0.324 e. The number of benzene rings is 2. The van der Waals surface area contributed by atoms with Gasteiger partial charge in [-0.15, -0.1) is 0 Å². The van der Waals surface area contributed by atoms with Crippen LogP contribution >= 0.6 is 23.2 Å². The van der Waals surface area contributed by atoms with Crippen LogP contribution in [0, 0.1) is 11.7 Å². The lowest BCUT2D eigenvalue weighted by Crippen LogP contribution is -2.40. The molecular weight excluding hydrogens is 362 g/mol. The first kappa shape index (κ1) is 18.2. The Labute approximate surface area is 156 Å². The first-order valence-corrected chi connectivity index (χ1v) is 9.00. The van der Waals surface area contributed by atoms with Crippen LogP contribution in [0.2, 0.25) is 10.0 Å². The van der Waals surface area contributed by atoms with Gasteiger partial charge in [0.1, 0.15) is 5.82 Å². The number of rotatable bonds is 4. The molecule has 1 aliphatic heterocycles. The van der Waals surface area contributed by atoms with Crippen LogP contribution in [0.3, 0.4) is 0 Å². The van der Waals surface area contributed by atoms with Crippen LogP contribution in [-0.4, -0.2) is 23.9 Å². The summed E-state index contributed by atoms with van der Waals surface area (Å²) in [6.45, 7) is 1.96. The maximum Gasteiger partial charge on any atom is 0.228 e. The van der Waals surface area contributed by atoms with Gasteiger partial charge in [-0.2, -0.15) is 0 Å². The SMILES string of the molecule is O=C(Nc1cc(Cl)ccc1Cl)C1CCCN(Cc2ccccc2F)C1. The molecule has 0 saturated carbocycles. The molecule has 25 heavy (non-hydrogen) atoms. The Hall–Kier alpha value is -1.62. The van der Waals surface area contributed by atoms with Crippen molar-refractivity contribution >= 4 is 34.8 Å². The van der Waals surface area contributed by atoms with Crippen molar-refractivity contribution in [3.8, 4) is 0 Å². The molecule has 0 aliphatic carbocycles. The zero-order valence-corrected chi connectivity index (χ0v) is 15.2. The molecule has 2 aromatic carbocycles. The third-order valence-corrected chi connectivity index (χ3v) is 4.98. The van der Waals surface area contributed by atoms with E-state index >= 15 is 0 Å². The zero-order chi connectivity index (χ0) is 17.8. The van der Waals surface area contributed by atoms with Gasteiger partial charge in [0.05, 0.1) is 16.6 Å². The number of nitrogens with one attached hydrogen (secondary N) is 1. The summed E-state index contributed by atoms with van der Waals surface area (Å²) in [5.41, 5.74) is 1.17. The van der Waals surface area contributed by atoms with Gasteiger partial charge in [0.25, 0.3) is 0 Å². The van der Waals surface area contributed by atoms with Crippen LogP contribution in [0.25, 0.3) is 0 Å². The molecule has 0 radical (unpaired) electrons. The molecule has 1 saturated heterocycles. The monoisotopic (exact) mass is 380 g/mol. The van der Waals surface area contributed by atoms with Gasteiger partial charge < -0.3 is 5.32 Å². The minimum atomic E-state index is -0.209. The lowest BCUT2D eigenvalue weighted by molar-refractivity contribution is -0.121. The molecule has 0 spiro atoms. The highest BCUT2D eigenvalue weighted by Crippen LogP contribution is 2.27. The minimum Gasteiger partial charge on any atom is -0.324 e. The molecule has 2 aromatic rings. The van der Waals surface area contributed by atoms with E-state index in [9.17, 15) is 9.18 Å². The molecule has 1 N–H and O–H groups in total. The molecule has 1 aliphatic rings. The quantitative estimate of drug-likeness (QED) is 0.810. The molecule has 0 aromatic heterocycles. The second-order valence-corrected chi connectivity index (χ2v) is 7.12. The van der Waals surface area contributed by atoms with Crippen LogP contribution in [-0.2, 0) is 11.3 Å². The van der Waals surface area contributed by atoms with E-state index in [1.165, 1.54) is 6.07 Å². The Morgan fingerprint density at radius 3 is 2.84 bits per heavy atom. The second-order valence-electron chi connectivity index (χ2n) is 6.28. The molecule has 0 bridgehead atoms. The predicted molar refractivity (Wildman–Crippen MR) is 99.5 cm³/mol. The summed E-state index contributed by atoms with van der Waals surface area (Å²) >= 11 is 12.1. The summed E-state index contributed by atoms with van der Waals surface area (Å²) in [5.74, 6) is -0.447. The molecule has 1 amide bonds. The number of carbonyl (C=O) groups is 1. The van der Waals surface area contributed by atoms with E-state index < -0.39 is 0 Å². The van der Waals surface area contributed by atoms with E-state index in [1.807, 2.05) is 6.07 Å². The van der Waals surface area contributed by atoms with Crippen molar-refractivity contribution in [3.05, 3.63) is 63.9 Å². The van der Waals surface area contributed by atoms with Gasteiger partial charge in [-0.05, 0) is 43.7 Å². The molecule has 1 fully saturated rings. The van der Waals surface area contributed by atoms with Crippen LogP contribution in [0.1, 0.15) is 18.4 Å². The number of halogens is 3. The van der Waals surface area contributed by atoms with Crippen LogP contribution < -0.4 is 5.32 Å². The van der Waals surface area contributed by atoms with Crippen molar-refractivity contribution in [3.63, 3.8) is 0 Å². The zero-order valence-electron chi connectivity index (χ0n) is 13.6. The van der Waals surface area contributed by atoms with Crippen molar-refractivity contribution in [2.45, 2.75) is 19.4 Å². The topological polar surface area (TPSA) is 32.3 Å². The predicted octanol–water partition coefficient (Wildman–Crippen LogP) is 4.98. The average Bonchev–Trinajstić information content (AvgIpc) is 2.60. The Kier molecular flexibility index (Phi) is 5.94. The van der Waals surface area contributed by atoms with E-state index in [0.717, 1.165) is 19.4 Å². The standard InChI is InChI=1S/C19H19Cl2FN2O/c20-15-7-8-16(21)18(10-15)23-19(25)14-5-3-9-24(12-14)11-13-4-1-2-6-17(13)22/h1-2,4,6-8,10,14H,3,5,9,11-12H2,(H,23,25). The van der Waals surface area contributed by atoms with Crippen LogP contribution in [0.4, 0.5) is 10.1 Å². The molecule has 1 atom stereocenters. The summed E-state index contributed by atoms with van der Waals surface area (Å²) in [6, 6.07) is 11.7.